The normalized spacial score (nSPS) is 8.42. The minimum atomic E-state index is 0.314. The first-order valence-electron chi connectivity index (χ1n) is 3.82. The molecule has 0 aliphatic rings. The Kier molecular flexibility index (Phi) is 3.10. The van der Waals surface area contributed by atoms with Crippen LogP contribution in [-0.2, 0) is 4.79 Å². The van der Waals surface area contributed by atoms with Gasteiger partial charge in [0.05, 0.1) is 6.42 Å². The molecule has 1 nitrogen and oxygen atoms in total. The standard InChI is InChI=1S/C11H10O/c1-10-6-2-3-7-11(10)8-4-5-9-12/h2-3,6-7,9H,5H2,1H3. The van der Waals surface area contributed by atoms with E-state index in [4.69, 9.17) is 0 Å². The van der Waals surface area contributed by atoms with Crippen molar-refractivity contribution < 1.29 is 4.79 Å². The molecule has 0 radical (unpaired) electrons. The number of hydrogen-bond donors (Lipinski definition) is 0. The Hall–Kier alpha value is -1.55. The van der Waals surface area contributed by atoms with Crippen LogP contribution in [-0.4, -0.2) is 6.29 Å². The van der Waals surface area contributed by atoms with E-state index in [9.17, 15) is 4.79 Å². The lowest BCUT2D eigenvalue weighted by Gasteiger charge is -1.93. The van der Waals surface area contributed by atoms with Crippen LogP contribution in [0.5, 0.6) is 0 Å². The van der Waals surface area contributed by atoms with E-state index in [-0.39, 0.29) is 0 Å². The van der Waals surface area contributed by atoms with Gasteiger partial charge in [-0.25, -0.2) is 0 Å². The van der Waals surface area contributed by atoms with Gasteiger partial charge in [-0.1, -0.05) is 30.0 Å². The van der Waals surface area contributed by atoms with Gasteiger partial charge in [0.25, 0.3) is 0 Å². The summed E-state index contributed by atoms with van der Waals surface area (Å²) in [4.78, 5) is 9.98. The molecule has 0 bridgehead atoms. The summed E-state index contributed by atoms with van der Waals surface area (Å²) in [6, 6.07) is 7.87. The van der Waals surface area contributed by atoms with E-state index in [0.29, 0.717) is 6.42 Å². The predicted octanol–water partition coefficient (Wildman–Crippen LogP) is 1.94. The largest absolute Gasteiger partial charge is 0.302 e. The number of aryl methyl sites for hydroxylation is 1. The van der Waals surface area contributed by atoms with Crippen molar-refractivity contribution in [1.29, 1.82) is 0 Å². The van der Waals surface area contributed by atoms with Crippen LogP contribution in [0.4, 0.5) is 0 Å². The summed E-state index contributed by atoms with van der Waals surface area (Å²) in [5.41, 5.74) is 2.15. The molecule has 0 unspecified atom stereocenters. The number of rotatable bonds is 1. The van der Waals surface area contributed by atoms with Gasteiger partial charge in [-0.2, -0.15) is 0 Å². The number of carbonyl (C=O) groups excluding carboxylic acids is 1. The number of hydrogen-bond acceptors (Lipinski definition) is 1. The van der Waals surface area contributed by atoms with E-state index in [1.807, 2.05) is 31.2 Å². The maximum absolute atomic E-state index is 9.98. The highest BCUT2D eigenvalue weighted by Gasteiger charge is 1.89. The van der Waals surface area contributed by atoms with Crippen LogP contribution in [0.15, 0.2) is 24.3 Å². The van der Waals surface area contributed by atoms with Gasteiger partial charge in [0.2, 0.25) is 0 Å². The van der Waals surface area contributed by atoms with Crippen LogP contribution in [0.1, 0.15) is 17.5 Å². The fourth-order valence-corrected chi connectivity index (χ4v) is 0.901. The third-order valence-electron chi connectivity index (χ3n) is 1.55. The summed E-state index contributed by atoms with van der Waals surface area (Å²) in [5, 5.41) is 0. The van der Waals surface area contributed by atoms with Gasteiger partial charge in [0.15, 0.2) is 0 Å². The van der Waals surface area contributed by atoms with Crippen molar-refractivity contribution in [3.05, 3.63) is 35.4 Å². The summed E-state index contributed by atoms with van der Waals surface area (Å²) in [6.07, 6.45) is 1.12. The molecule has 0 saturated carbocycles. The molecule has 0 saturated heterocycles. The van der Waals surface area contributed by atoms with Crippen LogP contribution in [0.2, 0.25) is 0 Å². The maximum Gasteiger partial charge on any atom is 0.131 e. The molecule has 0 N–H and O–H groups in total. The molecule has 0 aliphatic heterocycles. The molecule has 60 valence electrons. The Bertz CT molecular complexity index is 328. The molecule has 0 amide bonds. The van der Waals surface area contributed by atoms with Gasteiger partial charge in [-0.05, 0) is 18.6 Å². The summed E-state index contributed by atoms with van der Waals surface area (Å²) in [5.74, 6) is 5.71. The first-order chi connectivity index (χ1) is 5.84. The van der Waals surface area contributed by atoms with Gasteiger partial charge >= 0.3 is 0 Å². The van der Waals surface area contributed by atoms with Crippen molar-refractivity contribution >= 4 is 6.29 Å². The smallest absolute Gasteiger partial charge is 0.131 e. The highest BCUT2D eigenvalue weighted by Crippen LogP contribution is 2.04. The molecule has 0 aliphatic carbocycles. The molecule has 1 heteroatoms. The van der Waals surface area contributed by atoms with Crippen LogP contribution >= 0.6 is 0 Å². The molecule has 1 aromatic rings. The van der Waals surface area contributed by atoms with Crippen LogP contribution in [0, 0.1) is 18.8 Å². The fraction of sp³-hybridized carbons (Fsp3) is 0.182. The van der Waals surface area contributed by atoms with Crippen molar-refractivity contribution in [3.8, 4) is 11.8 Å². The Morgan fingerprint density at radius 1 is 1.42 bits per heavy atom. The number of benzene rings is 1. The van der Waals surface area contributed by atoms with Crippen LogP contribution < -0.4 is 0 Å². The average Bonchev–Trinajstić information content (AvgIpc) is 2.09. The average molecular weight is 158 g/mol. The Morgan fingerprint density at radius 2 is 2.17 bits per heavy atom. The van der Waals surface area contributed by atoms with Gasteiger partial charge in [0, 0.05) is 5.56 Å². The highest BCUT2D eigenvalue weighted by atomic mass is 16.1. The lowest BCUT2D eigenvalue weighted by atomic mass is 10.1. The number of carbonyl (C=O) groups is 1. The van der Waals surface area contributed by atoms with E-state index in [0.717, 1.165) is 17.4 Å². The van der Waals surface area contributed by atoms with E-state index in [2.05, 4.69) is 11.8 Å². The lowest BCUT2D eigenvalue weighted by molar-refractivity contribution is -0.107. The topological polar surface area (TPSA) is 17.1 Å². The van der Waals surface area contributed by atoms with Crippen molar-refractivity contribution in [2.45, 2.75) is 13.3 Å². The second-order valence-corrected chi connectivity index (χ2v) is 2.49. The third kappa shape index (κ3) is 2.25. The molecular formula is C11H10O. The van der Waals surface area contributed by atoms with Crippen molar-refractivity contribution in [1.82, 2.24) is 0 Å². The zero-order valence-electron chi connectivity index (χ0n) is 7.00. The molecule has 0 spiro atoms. The summed E-state index contributed by atoms with van der Waals surface area (Å²) in [7, 11) is 0. The minimum absolute atomic E-state index is 0.314. The molecule has 0 atom stereocenters. The SMILES string of the molecule is Cc1ccccc1C#CCC=O. The first kappa shape index (κ1) is 8.55. The second kappa shape index (κ2) is 4.35. The molecule has 1 aromatic carbocycles. The van der Waals surface area contributed by atoms with Gasteiger partial charge in [0.1, 0.15) is 6.29 Å². The summed E-state index contributed by atoms with van der Waals surface area (Å²) >= 11 is 0. The second-order valence-electron chi connectivity index (χ2n) is 2.49. The quantitative estimate of drug-likeness (QED) is 0.451. The lowest BCUT2D eigenvalue weighted by Crippen LogP contribution is -1.79. The summed E-state index contributed by atoms with van der Waals surface area (Å²) in [6.45, 7) is 2.00. The summed E-state index contributed by atoms with van der Waals surface area (Å²) < 4.78 is 0. The molecular weight excluding hydrogens is 148 g/mol. The molecule has 12 heavy (non-hydrogen) atoms. The van der Waals surface area contributed by atoms with E-state index in [1.54, 1.807) is 0 Å². The molecule has 0 aromatic heterocycles. The minimum Gasteiger partial charge on any atom is -0.302 e. The Balaban J connectivity index is 2.84. The maximum atomic E-state index is 9.98. The highest BCUT2D eigenvalue weighted by molar-refractivity contribution is 5.55. The molecule has 0 fully saturated rings. The van der Waals surface area contributed by atoms with Crippen LogP contribution in [0.25, 0.3) is 0 Å². The number of aldehydes is 1. The fourth-order valence-electron chi connectivity index (χ4n) is 0.901. The zero-order valence-corrected chi connectivity index (χ0v) is 7.00. The molecule has 1 rings (SSSR count). The monoisotopic (exact) mass is 158 g/mol. The van der Waals surface area contributed by atoms with E-state index < -0.39 is 0 Å². The Labute approximate surface area is 72.4 Å². The predicted molar refractivity (Wildman–Crippen MR) is 48.7 cm³/mol. The van der Waals surface area contributed by atoms with Gasteiger partial charge < -0.3 is 4.79 Å². The molecule has 0 heterocycles. The Morgan fingerprint density at radius 3 is 2.83 bits per heavy atom. The van der Waals surface area contributed by atoms with E-state index >= 15 is 0 Å². The van der Waals surface area contributed by atoms with E-state index in [1.165, 1.54) is 0 Å². The van der Waals surface area contributed by atoms with Crippen molar-refractivity contribution in [3.63, 3.8) is 0 Å². The first-order valence-corrected chi connectivity index (χ1v) is 3.82. The van der Waals surface area contributed by atoms with Crippen molar-refractivity contribution in [2.24, 2.45) is 0 Å². The third-order valence-corrected chi connectivity index (χ3v) is 1.55. The zero-order chi connectivity index (χ0) is 8.81. The van der Waals surface area contributed by atoms with Gasteiger partial charge in [-0.3, -0.25) is 0 Å². The van der Waals surface area contributed by atoms with Crippen molar-refractivity contribution in [2.75, 3.05) is 0 Å². The van der Waals surface area contributed by atoms with Crippen LogP contribution in [0.3, 0.4) is 0 Å². The van der Waals surface area contributed by atoms with Gasteiger partial charge in [-0.15, -0.1) is 0 Å².